The Hall–Kier alpha value is -0.350. The number of aliphatic imine (C=N–C) groups is 1. The van der Waals surface area contributed by atoms with Crippen molar-refractivity contribution in [2.24, 2.45) is 16.6 Å². The molecule has 1 fully saturated rings. The van der Waals surface area contributed by atoms with Crippen molar-refractivity contribution in [3.05, 3.63) is 12.2 Å². The van der Waals surface area contributed by atoms with Gasteiger partial charge in [-0.3, -0.25) is 0 Å². The van der Waals surface area contributed by atoms with E-state index >= 15 is 0 Å². The highest BCUT2D eigenvalue weighted by atomic mass is 127. The van der Waals surface area contributed by atoms with Gasteiger partial charge in [0.2, 0.25) is 10.0 Å². The molecule has 0 aromatic heterocycles. The van der Waals surface area contributed by atoms with Crippen LogP contribution in [0.4, 0.5) is 0 Å². The largest absolute Gasteiger partial charge is 0.370 e. The molecule has 1 rings (SSSR count). The summed E-state index contributed by atoms with van der Waals surface area (Å²) in [6.07, 6.45) is 5.25. The number of nitrogens with one attached hydrogen (secondary N) is 2. The fourth-order valence-corrected chi connectivity index (χ4v) is 3.25. The molecule has 0 aliphatic heterocycles. The summed E-state index contributed by atoms with van der Waals surface area (Å²) < 4.78 is 25.5. The van der Waals surface area contributed by atoms with Crippen LogP contribution in [-0.4, -0.2) is 39.8 Å². The van der Waals surface area contributed by atoms with Crippen LogP contribution in [0, 0.1) is 5.92 Å². The molecule has 0 spiro atoms. The van der Waals surface area contributed by atoms with Crippen molar-refractivity contribution < 1.29 is 8.42 Å². The molecule has 0 aromatic carbocycles. The van der Waals surface area contributed by atoms with Crippen molar-refractivity contribution in [1.29, 1.82) is 0 Å². The highest BCUT2D eigenvalue weighted by molar-refractivity contribution is 14.0. The molecule has 21 heavy (non-hydrogen) atoms. The zero-order chi connectivity index (χ0) is 15.2. The van der Waals surface area contributed by atoms with Crippen molar-refractivity contribution in [1.82, 2.24) is 10.0 Å². The average Bonchev–Trinajstić information content (AvgIpc) is 2.33. The molecule has 0 heterocycles. The van der Waals surface area contributed by atoms with E-state index in [-0.39, 0.29) is 35.9 Å². The second-order valence-corrected chi connectivity index (χ2v) is 7.36. The standard InChI is InChI=1S/C13H26N4O2S.HI/c1-10(2)8-15-13(14)16-9-11-6-4-5-7-12(11)17-20(3,18)19;/h11-12,17H,1,4-9H2,2-3H3,(H3,14,15,16);1H. The van der Waals surface area contributed by atoms with Crippen molar-refractivity contribution >= 4 is 40.0 Å². The molecule has 2 unspecified atom stereocenters. The lowest BCUT2D eigenvalue weighted by Gasteiger charge is -2.31. The van der Waals surface area contributed by atoms with Gasteiger partial charge in [0, 0.05) is 12.6 Å². The minimum atomic E-state index is -3.17. The molecule has 0 bridgehead atoms. The van der Waals surface area contributed by atoms with Gasteiger partial charge < -0.3 is 11.1 Å². The lowest BCUT2D eigenvalue weighted by molar-refractivity contribution is 0.289. The summed E-state index contributed by atoms with van der Waals surface area (Å²) in [5.41, 5.74) is 6.72. The first-order chi connectivity index (χ1) is 9.28. The van der Waals surface area contributed by atoms with Crippen molar-refractivity contribution in [2.45, 2.75) is 38.6 Å². The van der Waals surface area contributed by atoms with Crippen LogP contribution < -0.4 is 15.8 Å². The summed E-state index contributed by atoms with van der Waals surface area (Å²) in [6, 6.07) is -0.0137. The summed E-state index contributed by atoms with van der Waals surface area (Å²) in [6.45, 7) is 6.80. The topological polar surface area (TPSA) is 96.6 Å². The number of hydrogen-bond donors (Lipinski definition) is 3. The molecular weight excluding hydrogens is 403 g/mol. The number of hydrogen-bond acceptors (Lipinski definition) is 3. The van der Waals surface area contributed by atoms with Gasteiger partial charge in [-0.05, 0) is 25.7 Å². The molecule has 1 saturated carbocycles. The second-order valence-electron chi connectivity index (χ2n) is 5.58. The number of guanidine groups is 1. The normalized spacial score (nSPS) is 23.2. The lowest BCUT2D eigenvalue weighted by atomic mass is 9.85. The molecule has 0 amide bonds. The summed E-state index contributed by atoms with van der Waals surface area (Å²) in [5.74, 6) is 0.633. The van der Waals surface area contributed by atoms with Crippen LogP contribution in [0.3, 0.4) is 0 Å². The van der Waals surface area contributed by atoms with Crippen molar-refractivity contribution in [3.8, 4) is 0 Å². The van der Waals surface area contributed by atoms with Gasteiger partial charge in [-0.2, -0.15) is 0 Å². The average molecular weight is 430 g/mol. The zero-order valence-electron chi connectivity index (χ0n) is 12.8. The molecule has 8 heteroatoms. The molecular formula is C13H27IN4O2S. The third kappa shape index (κ3) is 9.30. The maximum Gasteiger partial charge on any atom is 0.208 e. The van der Waals surface area contributed by atoms with Gasteiger partial charge in [-0.1, -0.05) is 25.0 Å². The van der Waals surface area contributed by atoms with Gasteiger partial charge in [0.1, 0.15) is 0 Å². The molecule has 0 saturated heterocycles. The molecule has 0 radical (unpaired) electrons. The van der Waals surface area contributed by atoms with Crippen LogP contribution in [0.2, 0.25) is 0 Å². The number of rotatable bonds is 6. The maximum atomic E-state index is 11.4. The summed E-state index contributed by atoms with van der Waals surface area (Å²) in [7, 11) is -3.17. The number of nitrogens with two attached hydrogens (primary N) is 1. The van der Waals surface area contributed by atoms with Gasteiger partial charge in [0.05, 0.1) is 12.8 Å². The van der Waals surface area contributed by atoms with E-state index in [1.54, 1.807) is 0 Å². The Bertz CT molecular complexity index is 465. The van der Waals surface area contributed by atoms with Crippen LogP contribution in [0.1, 0.15) is 32.6 Å². The summed E-state index contributed by atoms with van der Waals surface area (Å²) in [4.78, 5) is 4.15. The first-order valence-corrected chi connectivity index (χ1v) is 8.82. The second kappa shape index (κ2) is 9.62. The van der Waals surface area contributed by atoms with Gasteiger partial charge in [-0.25, -0.2) is 18.1 Å². The predicted octanol–water partition coefficient (Wildman–Crippen LogP) is 1.19. The Kier molecular flexibility index (Phi) is 9.46. The number of nitrogens with zero attached hydrogens (tertiary/aromatic N) is 1. The molecule has 0 aromatic rings. The van der Waals surface area contributed by atoms with Crippen LogP contribution in [0.15, 0.2) is 17.1 Å². The van der Waals surface area contributed by atoms with Crippen molar-refractivity contribution in [2.75, 3.05) is 19.3 Å². The molecule has 124 valence electrons. The Morgan fingerprint density at radius 2 is 2.00 bits per heavy atom. The SMILES string of the molecule is C=C(C)CN=C(N)NCC1CCCCC1NS(C)(=O)=O.I. The monoisotopic (exact) mass is 430 g/mol. The van der Waals surface area contributed by atoms with Crippen LogP contribution in [0.25, 0.3) is 0 Å². The quantitative estimate of drug-likeness (QED) is 0.255. The smallest absolute Gasteiger partial charge is 0.208 e. The summed E-state index contributed by atoms with van der Waals surface area (Å²) in [5, 5.41) is 3.08. The lowest BCUT2D eigenvalue weighted by Crippen LogP contribution is -2.47. The van der Waals surface area contributed by atoms with E-state index in [2.05, 4.69) is 21.6 Å². The van der Waals surface area contributed by atoms with E-state index in [1.807, 2.05) is 6.92 Å². The Labute approximate surface area is 145 Å². The fourth-order valence-electron chi connectivity index (χ4n) is 2.39. The van der Waals surface area contributed by atoms with E-state index in [0.29, 0.717) is 19.0 Å². The minimum absolute atomic E-state index is 0. The van der Waals surface area contributed by atoms with Gasteiger partial charge in [-0.15, -0.1) is 24.0 Å². The highest BCUT2D eigenvalue weighted by Gasteiger charge is 2.27. The molecule has 6 nitrogen and oxygen atoms in total. The Morgan fingerprint density at radius 3 is 2.57 bits per heavy atom. The summed E-state index contributed by atoms with van der Waals surface area (Å²) >= 11 is 0. The highest BCUT2D eigenvalue weighted by Crippen LogP contribution is 2.24. The maximum absolute atomic E-state index is 11.4. The van der Waals surface area contributed by atoms with Gasteiger partial charge in [0.25, 0.3) is 0 Å². The van der Waals surface area contributed by atoms with E-state index in [9.17, 15) is 8.42 Å². The van der Waals surface area contributed by atoms with Gasteiger partial charge >= 0.3 is 0 Å². The van der Waals surface area contributed by atoms with E-state index in [4.69, 9.17) is 5.73 Å². The Balaban J connectivity index is 0.00000400. The van der Waals surface area contributed by atoms with E-state index < -0.39 is 10.0 Å². The fraction of sp³-hybridized carbons (Fsp3) is 0.769. The van der Waals surface area contributed by atoms with Gasteiger partial charge in [0.15, 0.2) is 5.96 Å². The van der Waals surface area contributed by atoms with E-state index in [0.717, 1.165) is 31.3 Å². The predicted molar refractivity (Wildman–Crippen MR) is 98.4 cm³/mol. The van der Waals surface area contributed by atoms with Crippen LogP contribution in [-0.2, 0) is 10.0 Å². The van der Waals surface area contributed by atoms with Crippen LogP contribution in [0.5, 0.6) is 0 Å². The Morgan fingerprint density at radius 1 is 1.38 bits per heavy atom. The van der Waals surface area contributed by atoms with Crippen molar-refractivity contribution in [3.63, 3.8) is 0 Å². The minimum Gasteiger partial charge on any atom is -0.370 e. The van der Waals surface area contributed by atoms with Crippen LogP contribution >= 0.6 is 24.0 Å². The third-order valence-electron chi connectivity index (χ3n) is 3.34. The zero-order valence-corrected chi connectivity index (χ0v) is 15.9. The first kappa shape index (κ1) is 20.6. The number of sulfonamides is 1. The molecule has 1 aliphatic rings. The molecule has 1 aliphatic carbocycles. The number of halogens is 1. The molecule has 4 N–H and O–H groups in total. The first-order valence-electron chi connectivity index (χ1n) is 6.93. The third-order valence-corrected chi connectivity index (χ3v) is 4.07. The molecule has 2 atom stereocenters. The van der Waals surface area contributed by atoms with E-state index in [1.165, 1.54) is 6.26 Å².